The minimum Gasteiger partial charge on any atom is -0.326 e. The van der Waals surface area contributed by atoms with E-state index in [1.807, 2.05) is 31.2 Å². The zero-order valence-corrected chi connectivity index (χ0v) is 11.4. The predicted molar refractivity (Wildman–Crippen MR) is 76.1 cm³/mol. The van der Waals surface area contributed by atoms with Gasteiger partial charge in [-0.15, -0.1) is 12.4 Å². The lowest BCUT2D eigenvalue weighted by Gasteiger charge is -2.14. The van der Waals surface area contributed by atoms with E-state index in [4.69, 9.17) is 5.73 Å². The number of aryl methyl sites for hydroxylation is 1. The largest absolute Gasteiger partial charge is 0.326 e. The first-order valence-corrected chi connectivity index (χ1v) is 5.98. The molecule has 1 aliphatic rings. The lowest BCUT2D eigenvalue weighted by Crippen LogP contribution is -2.33. The van der Waals surface area contributed by atoms with E-state index in [2.05, 4.69) is 10.2 Å². The molecule has 100 valence electrons. The molecule has 1 amide bonds. The van der Waals surface area contributed by atoms with Gasteiger partial charge in [-0.25, -0.2) is 0 Å². The second-order valence-corrected chi connectivity index (χ2v) is 4.70. The lowest BCUT2D eigenvalue weighted by atomic mass is 10.2. The van der Waals surface area contributed by atoms with Crippen LogP contribution in [0.3, 0.4) is 0 Å². The molecule has 0 saturated carbocycles. The van der Waals surface area contributed by atoms with Crippen molar-refractivity contribution in [1.29, 1.82) is 0 Å². The number of benzene rings is 1. The van der Waals surface area contributed by atoms with Crippen molar-refractivity contribution in [1.82, 2.24) is 4.90 Å². The van der Waals surface area contributed by atoms with E-state index in [0.29, 0.717) is 6.54 Å². The summed E-state index contributed by atoms with van der Waals surface area (Å²) in [4.78, 5) is 13.9. The molecule has 1 fully saturated rings. The number of carbonyl (C=O) groups excluding carboxylic acids is 1. The van der Waals surface area contributed by atoms with Gasteiger partial charge in [0.05, 0.1) is 6.54 Å². The molecular weight excluding hydrogens is 250 g/mol. The number of nitrogens with two attached hydrogens (primary N) is 1. The molecule has 0 bridgehead atoms. The van der Waals surface area contributed by atoms with Gasteiger partial charge in [0.1, 0.15) is 0 Å². The van der Waals surface area contributed by atoms with Gasteiger partial charge in [0, 0.05) is 24.8 Å². The fourth-order valence-corrected chi connectivity index (χ4v) is 2.13. The number of anilines is 1. The van der Waals surface area contributed by atoms with Crippen molar-refractivity contribution in [3.63, 3.8) is 0 Å². The number of hydrogen-bond donors (Lipinski definition) is 2. The van der Waals surface area contributed by atoms with Crippen LogP contribution in [0.2, 0.25) is 0 Å². The number of nitrogens with zero attached hydrogens (tertiary/aromatic N) is 1. The SMILES string of the molecule is Cc1cccc(NC(=O)CN2CC[C@@H](N)C2)c1.Cl. The van der Waals surface area contributed by atoms with E-state index in [1.165, 1.54) is 0 Å². The highest BCUT2D eigenvalue weighted by molar-refractivity contribution is 5.92. The lowest BCUT2D eigenvalue weighted by molar-refractivity contribution is -0.117. The molecule has 0 aromatic heterocycles. The first-order valence-electron chi connectivity index (χ1n) is 5.98. The first kappa shape index (κ1) is 15.0. The Labute approximate surface area is 114 Å². The summed E-state index contributed by atoms with van der Waals surface area (Å²) >= 11 is 0. The molecule has 1 aromatic rings. The molecule has 1 aliphatic heterocycles. The third kappa shape index (κ3) is 4.29. The first-order chi connectivity index (χ1) is 8.13. The van der Waals surface area contributed by atoms with Gasteiger partial charge < -0.3 is 11.1 Å². The van der Waals surface area contributed by atoms with Gasteiger partial charge in [0.15, 0.2) is 0 Å². The molecular formula is C13H20ClN3O. The minimum atomic E-state index is 0. The number of carbonyl (C=O) groups is 1. The molecule has 18 heavy (non-hydrogen) atoms. The summed E-state index contributed by atoms with van der Waals surface area (Å²) in [6.07, 6.45) is 0.984. The molecule has 1 atom stereocenters. The van der Waals surface area contributed by atoms with Crippen LogP contribution in [0, 0.1) is 6.92 Å². The maximum absolute atomic E-state index is 11.8. The maximum atomic E-state index is 11.8. The van der Waals surface area contributed by atoms with Crippen LogP contribution in [-0.4, -0.2) is 36.5 Å². The van der Waals surface area contributed by atoms with E-state index in [0.717, 1.165) is 30.8 Å². The zero-order valence-electron chi connectivity index (χ0n) is 10.6. The molecule has 0 radical (unpaired) electrons. The Hall–Kier alpha value is -1.10. The van der Waals surface area contributed by atoms with E-state index in [9.17, 15) is 4.79 Å². The molecule has 1 aromatic carbocycles. The number of likely N-dealkylation sites (tertiary alicyclic amines) is 1. The van der Waals surface area contributed by atoms with Crippen LogP contribution in [-0.2, 0) is 4.79 Å². The quantitative estimate of drug-likeness (QED) is 0.872. The van der Waals surface area contributed by atoms with Crippen LogP contribution >= 0.6 is 12.4 Å². The Morgan fingerprint density at radius 3 is 2.94 bits per heavy atom. The van der Waals surface area contributed by atoms with Gasteiger partial charge in [0.2, 0.25) is 5.91 Å². The Kier molecular flexibility index (Phi) is 5.59. The zero-order chi connectivity index (χ0) is 12.3. The van der Waals surface area contributed by atoms with Gasteiger partial charge >= 0.3 is 0 Å². The third-order valence-electron chi connectivity index (χ3n) is 2.98. The van der Waals surface area contributed by atoms with Gasteiger partial charge in [-0.1, -0.05) is 12.1 Å². The van der Waals surface area contributed by atoms with Crippen LogP contribution < -0.4 is 11.1 Å². The fraction of sp³-hybridized carbons (Fsp3) is 0.462. The van der Waals surface area contributed by atoms with Crippen molar-refractivity contribution >= 4 is 24.0 Å². The van der Waals surface area contributed by atoms with Crippen molar-refractivity contribution in [3.8, 4) is 0 Å². The van der Waals surface area contributed by atoms with Crippen molar-refractivity contribution in [3.05, 3.63) is 29.8 Å². The molecule has 0 spiro atoms. The minimum absolute atomic E-state index is 0. The fourth-order valence-electron chi connectivity index (χ4n) is 2.13. The number of halogens is 1. The van der Waals surface area contributed by atoms with E-state index in [1.54, 1.807) is 0 Å². The number of rotatable bonds is 3. The average Bonchev–Trinajstić information content (AvgIpc) is 2.63. The van der Waals surface area contributed by atoms with Gasteiger partial charge in [0.25, 0.3) is 0 Å². The van der Waals surface area contributed by atoms with Gasteiger partial charge in [-0.05, 0) is 31.0 Å². The van der Waals surface area contributed by atoms with Crippen molar-refractivity contribution in [2.24, 2.45) is 5.73 Å². The predicted octanol–water partition coefficient (Wildman–Crippen LogP) is 1.39. The topological polar surface area (TPSA) is 58.4 Å². The van der Waals surface area contributed by atoms with Crippen molar-refractivity contribution in [2.45, 2.75) is 19.4 Å². The number of nitrogens with one attached hydrogen (secondary N) is 1. The standard InChI is InChI=1S/C13H19N3O.ClH/c1-10-3-2-4-12(7-10)15-13(17)9-16-6-5-11(14)8-16;/h2-4,7,11H,5-6,8-9,14H2,1H3,(H,15,17);1H/t11-;/m1./s1. The Bertz CT molecular complexity index is 411. The normalized spacial score (nSPS) is 19.3. The summed E-state index contributed by atoms with van der Waals surface area (Å²) in [6, 6.07) is 8.04. The van der Waals surface area contributed by atoms with Gasteiger partial charge in [-0.3, -0.25) is 9.69 Å². The molecule has 5 heteroatoms. The highest BCUT2D eigenvalue weighted by atomic mass is 35.5. The smallest absolute Gasteiger partial charge is 0.238 e. The van der Waals surface area contributed by atoms with Crippen LogP contribution in [0.15, 0.2) is 24.3 Å². The van der Waals surface area contributed by atoms with E-state index < -0.39 is 0 Å². The van der Waals surface area contributed by atoms with E-state index >= 15 is 0 Å². The molecule has 3 N–H and O–H groups in total. The summed E-state index contributed by atoms with van der Waals surface area (Å²) in [5.74, 6) is 0.0321. The molecule has 1 saturated heterocycles. The monoisotopic (exact) mass is 269 g/mol. The van der Waals surface area contributed by atoms with Crippen LogP contribution in [0.5, 0.6) is 0 Å². The van der Waals surface area contributed by atoms with E-state index in [-0.39, 0.29) is 24.4 Å². The molecule has 1 heterocycles. The molecule has 4 nitrogen and oxygen atoms in total. The second kappa shape index (κ2) is 6.73. The van der Waals surface area contributed by atoms with Crippen molar-refractivity contribution < 1.29 is 4.79 Å². The highest BCUT2D eigenvalue weighted by Gasteiger charge is 2.20. The number of hydrogen-bond acceptors (Lipinski definition) is 3. The number of amides is 1. The second-order valence-electron chi connectivity index (χ2n) is 4.70. The third-order valence-corrected chi connectivity index (χ3v) is 2.98. The average molecular weight is 270 g/mol. The van der Waals surface area contributed by atoms with Gasteiger partial charge in [-0.2, -0.15) is 0 Å². The summed E-state index contributed by atoms with van der Waals surface area (Å²) in [5.41, 5.74) is 7.80. The summed E-state index contributed by atoms with van der Waals surface area (Å²) < 4.78 is 0. The van der Waals surface area contributed by atoms with Crippen LogP contribution in [0.4, 0.5) is 5.69 Å². The highest BCUT2D eigenvalue weighted by Crippen LogP contribution is 2.10. The summed E-state index contributed by atoms with van der Waals surface area (Å²) in [6.45, 7) is 4.18. The van der Waals surface area contributed by atoms with Crippen LogP contribution in [0.25, 0.3) is 0 Å². The summed E-state index contributed by atoms with van der Waals surface area (Å²) in [5, 5.41) is 2.90. The molecule has 0 unspecified atom stereocenters. The molecule has 0 aliphatic carbocycles. The Balaban J connectivity index is 0.00000162. The van der Waals surface area contributed by atoms with Crippen LogP contribution in [0.1, 0.15) is 12.0 Å². The Morgan fingerprint density at radius 2 is 2.33 bits per heavy atom. The Morgan fingerprint density at radius 1 is 1.56 bits per heavy atom. The summed E-state index contributed by atoms with van der Waals surface area (Å²) in [7, 11) is 0. The molecule has 2 rings (SSSR count). The maximum Gasteiger partial charge on any atom is 0.238 e. The van der Waals surface area contributed by atoms with Crippen molar-refractivity contribution in [2.75, 3.05) is 25.0 Å².